The molecule has 182 valence electrons. The number of methoxy groups -OCH3 is 1. The van der Waals surface area contributed by atoms with Crippen molar-refractivity contribution in [3.63, 3.8) is 0 Å². The lowest BCUT2D eigenvalue weighted by Gasteiger charge is -2.35. The molecule has 0 spiro atoms. The van der Waals surface area contributed by atoms with Gasteiger partial charge >= 0.3 is 0 Å². The first-order valence-electron chi connectivity index (χ1n) is 12.1. The van der Waals surface area contributed by atoms with Gasteiger partial charge < -0.3 is 19.2 Å². The third-order valence-electron chi connectivity index (χ3n) is 6.88. The predicted molar refractivity (Wildman–Crippen MR) is 126 cm³/mol. The van der Waals surface area contributed by atoms with Gasteiger partial charge in [0.1, 0.15) is 13.2 Å². The van der Waals surface area contributed by atoms with E-state index in [1.807, 2.05) is 22.9 Å². The van der Waals surface area contributed by atoms with Crippen molar-refractivity contribution in [2.75, 3.05) is 26.9 Å². The molecule has 2 aliphatic rings. The molecule has 1 aromatic carbocycles. The fraction of sp³-hybridized carbons (Fsp3) is 0.583. The number of nitrogens with one attached hydrogen (secondary N) is 1. The van der Waals surface area contributed by atoms with Crippen LogP contribution < -0.4 is 15.0 Å². The zero-order valence-corrected chi connectivity index (χ0v) is 19.8. The molecule has 34 heavy (non-hydrogen) atoms. The maximum atomic E-state index is 13.1. The Morgan fingerprint density at radius 2 is 1.97 bits per heavy atom. The number of ether oxygens (including phenoxy) is 3. The number of benzene rings is 1. The van der Waals surface area contributed by atoms with Crippen molar-refractivity contribution in [2.45, 2.75) is 64.2 Å². The van der Waals surface area contributed by atoms with Gasteiger partial charge in [-0.15, -0.1) is 5.10 Å². The standard InChI is InChI=1S/C24H32N6O4/c1-3-20(23-26-27-28-30(23)8-9-32-2)29(18-6-4-5-7-18)15-17-12-16-13-21-22(34-11-10-33-21)14-19(16)25-24(17)31/h12-14,18,20H,3-11,15H2,1-2H3,(H,25,31)/t20-/m1/s1. The third-order valence-corrected chi connectivity index (χ3v) is 6.88. The fourth-order valence-electron chi connectivity index (χ4n) is 5.18. The molecule has 1 aliphatic heterocycles. The van der Waals surface area contributed by atoms with Crippen LogP contribution in [-0.4, -0.2) is 63.1 Å². The first-order valence-corrected chi connectivity index (χ1v) is 12.1. The number of H-pyrrole nitrogens is 1. The molecule has 0 saturated heterocycles. The molecule has 10 heteroatoms. The van der Waals surface area contributed by atoms with Crippen LogP contribution in [0.1, 0.15) is 56.5 Å². The third kappa shape index (κ3) is 4.52. The summed E-state index contributed by atoms with van der Waals surface area (Å²) < 4.78 is 18.5. The van der Waals surface area contributed by atoms with E-state index >= 15 is 0 Å². The number of rotatable bonds is 9. The van der Waals surface area contributed by atoms with Crippen molar-refractivity contribution in [2.24, 2.45) is 0 Å². The van der Waals surface area contributed by atoms with E-state index in [2.05, 4.69) is 32.3 Å². The van der Waals surface area contributed by atoms with Gasteiger partial charge in [0.05, 0.1) is 24.7 Å². The summed E-state index contributed by atoms with van der Waals surface area (Å²) in [5, 5.41) is 13.5. The summed E-state index contributed by atoms with van der Waals surface area (Å²) in [6.07, 6.45) is 5.46. The van der Waals surface area contributed by atoms with Crippen molar-refractivity contribution in [1.29, 1.82) is 0 Å². The lowest BCUT2D eigenvalue weighted by Crippen LogP contribution is -2.39. The van der Waals surface area contributed by atoms with Crippen molar-refractivity contribution in [3.05, 3.63) is 39.9 Å². The number of fused-ring (bicyclic) bond motifs is 2. The van der Waals surface area contributed by atoms with Crippen LogP contribution in [0.25, 0.3) is 10.9 Å². The average Bonchev–Trinajstić information content (AvgIpc) is 3.54. The Kier molecular flexibility index (Phi) is 6.77. The number of aromatic amines is 1. The minimum atomic E-state index is -0.0824. The van der Waals surface area contributed by atoms with E-state index in [-0.39, 0.29) is 11.6 Å². The molecule has 5 rings (SSSR count). The average molecular weight is 469 g/mol. The molecule has 0 unspecified atom stereocenters. The number of tetrazole rings is 1. The molecule has 3 aromatic rings. The van der Waals surface area contributed by atoms with E-state index in [0.717, 1.165) is 41.6 Å². The predicted octanol–water partition coefficient (Wildman–Crippen LogP) is 2.83. The topological polar surface area (TPSA) is 107 Å². The molecule has 1 N–H and O–H groups in total. The van der Waals surface area contributed by atoms with Crippen LogP contribution in [0, 0.1) is 0 Å². The second kappa shape index (κ2) is 10.1. The molecule has 10 nitrogen and oxygen atoms in total. The van der Waals surface area contributed by atoms with E-state index in [1.165, 1.54) is 12.8 Å². The summed E-state index contributed by atoms with van der Waals surface area (Å²) in [4.78, 5) is 18.6. The van der Waals surface area contributed by atoms with Gasteiger partial charge in [-0.05, 0) is 41.8 Å². The molecule has 0 amide bonds. The zero-order chi connectivity index (χ0) is 23.5. The molecule has 1 fully saturated rings. The van der Waals surface area contributed by atoms with Crippen molar-refractivity contribution in [1.82, 2.24) is 30.1 Å². The summed E-state index contributed by atoms with van der Waals surface area (Å²) in [5.41, 5.74) is 1.40. The fourth-order valence-corrected chi connectivity index (χ4v) is 5.18. The highest BCUT2D eigenvalue weighted by Crippen LogP contribution is 2.35. The lowest BCUT2D eigenvalue weighted by atomic mass is 10.0. The Labute approximate surface area is 198 Å². The first-order chi connectivity index (χ1) is 16.7. The summed E-state index contributed by atoms with van der Waals surface area (Å²) in [7, 11) is 1.67. The highest BCUT2D eigenvalue weighted by atomic mass is 16.6. The van der Waals surface area contributed by atoms with Gasteiger partial charge in [0.2, 0.25) is 0 Å². The van der Waals surface area contributed by atoms with E-state index in [4.69, 9.17) is 14.2 Å². The SMILES string of the molecule is CC[C@H](c1nnnn1CCOC)N(Cc1cc2cc3c(cc2[nH]c1=O)OCCO3)C1CCCC1. The number of aromatic nitrogens is 5. The van der Waals surface area contributed by atoms with Crippen molar-refractivity contribution < 1.29 is 14.2 Å². The van der Waals surface area contributed by atoms with Crippen LogP contribution in [0.4, 0.5) is 0 Å². The summed E-state index contributed by atoms with van der Waals surface area (Å²) in [6.45, 7) is 4.85. The Balaban J connectivity index is 1.50. The van der Waals surface area contributed by atoms with Crippen molar-refractivity contribution in [3.8, 4) is 11.5 Å². The van der Waals surface area contributed by atoms with Gasteiger partial charge in [-0.3, -0.25) is 9.69 Å². The summed E-state index contributed by atoms with van der Waals surface area (Å²) >= 11 is 0. The molecule has 1 aliphatic carbocycles. The van der Waals surface area contributed by atoms with Crippen LogP contribution >= 0.6 is 0 Å². The first kappa shape index (κ1) is 22.8. The molecule has 3 heterocycles. The van der Waals surface area contributed by atoms with Crippen LogP contribution in [-0.2, 0) is 17.8 Å². The molecular weight excluding hydrogens is 436 g/mol. The van der Waals surface area contributed by atoms with E-state index < -0.39 is 0 Å². The molecule has 0 bridgehead atoms. The monoisotopic (exact) mass is 468 g/mol. The Bertz CT molecular complexity index is 1190. The second-order valence-electron chi connectivity index (χ2n) is 8.99. The maximum Gasteiger partial charge on any atom is 0.252 e. The quantitative estimate of drug-likeness (QED) is 0.511. The van der Waals surface area contributed by atoms with Crippen LogP contribution in [0.2, 0.25) is 0 Å². The summed E-state index contributed by atoms with van der Waals surface area (Å²) in [5.74, 6) is 2.21. The van der Waals surface area contributed by atoms with Gasteiger partial charge in [0.25, 0.3) is 5.56 Å². The van der Waals surface area contributed by atoms with Crippen LogP contribution in [0.3, 0.4) is 0 Å². The number of hydrogen-bond donors (Lipinski definition) is 1. The van der Waals surface area contributed by atoms with Crippen LogP contribution in [0.5, 0.6) is 11.5 Å². The van der Waals surface area contributed by atoms with Gasteiger partial charge in [-0.2, -0.15) is 0 Å². The van der Waals surface area contributed by atoms with E-state index in [1.54, 1.807) is 7.11 Å². The second-order valence-corrected chi connectivity index (χ2v) is 8.99. The van der Waals surface area contributed by atoms with Crippen LogP contribution in [0.15, 0.2) is 23.0 Å². The Hall–Kier alpha value is -2.98. The molecular formula is C24H32N6O4. The maximum absolute atomic E-state index is 13.1. The van der Waals surface area contributed by atoms with Gasteiger partial charge in [-0.25, -0.2) is 4.68 Å². The Morgan fingerprint density at radius 1 is 1.21 bits per heavy atom. The number of nitrogens with zero attached hydrogens (tertiary/aromatic N) is 5. The zero-order valence-electron chi connectivity index (χ0n) is 19.8. The number of pyridine rings is 1. The minimum Gasteiger partial charge on any atom is -0.486 e. The number of hydrogen-bond acceptors (Lipinski definition) is 8. The highest BCUT2D eigenvalue weighted by molar-refractivity contribution is 5.83. The van der Waals surface area contributed by atoms with E-state index in [9.17, 15) is 4.79 Å². The largest absolute Gasteiger partial charge is 0.486 e. The minimum absolute atomic E-state index is 0.00493. The van der Waals surface area contributed by atoms with Gasteiger partial charge in [-0.1, -0.05) is 19.8 Å². The molecule has 1 saturated carbocycles. The van der Waals surface area contributed by atoms with Gasteiger partial charge in [0, 0.05) is 36.7 Å². The van der Waals surface area contributed by atoms with Gasteiger partial charge in [0.15, 0.2) is 17.3 Å². The molecule has 1 atom stereocenters. The molecule has 2 aromatic heterocycles. The smallest absolute Gasteiger partial charge is 0.252 e. The summed E-state index contributed by atoms with van der Waals surface area (Å²) in [6, 6.07) is 6.17. The lowest BCUT2D eigenvalue weighted by molar-refractivity contribution is 0.109. The Morgan fingerprint density at radius 3 is 2.71 bits per heavy atom. The highest BCUT2D eigenvalue weighted by Gasteiger charge is 2.32. The van der Waals surface area contributed by atoms with Crippen molar-refractivity contribution >= 4 is 10.9 Å². The normalized spacial score (nSPS) is 17.0. The van der Waals surface area contributed by atoms with E-state index in [0.29, 0.717) is 50.5 Å². The molecule has 0 radical (unpaired) electrons.